The van der Waals surface area contributed by atoms with Crippen LogP contribution in [0.15, 0.2) is 29.3 Å². The summed E-state index contributed by atoms with van der Waals surface area (Å²) < 4.78 is 0. The topological polar surface area (TPSA) is 45.8 Å². The van der Waals surface area contributed by atoms with E-state index in [0.717, 1.165) is 17.6 Å². The molecule has 13 heavy (non-hydrogen) atoms. The van der Waals surface area contributed by atoms with Gasteiger partial charge in [-0.1, -0.05) is 6.92 Å². The van der Waals surface area contributed by atoms with E-state index >= 15 is 0 Å². The minimum atomic E-state index is 0.0405. The molecule has 0 aliphatic rings. The van der Waals surface area contributed by atoms with Crippen LogP contribution in [0, 0.1) is 0 Å². The third-order valence-corrected chi connectivity index (χ3v) is 2.08. The van der Waals surface area contributed by atoms with Crippen molar-refractivity contribution in [2.45, 2.75) is 13.3 Å². The van der Waals surface area contributed by atoms with Crippen LogP contribution in [0.25, 0.3) is 10.9 Å². The van der Waals surface area contributed by atoms with E-state index in [1.54, 1.807) is 12.4 Å². The number of H-pyrrole nitrogens is 1. The Balaban J connectivity index is 2.95. The smallest absolute Gasteiger partial charge is 0.191 e. The van der Waals surface area contributed by atoms with Gasteiger partial charge in [0, 0.05) is 18.5 Å². The van der Waals surface area contributed by atoms with Gasteiger partial charge in [-0.15, -0.1) is 0 Å². The van der Waals surface area contributed by atoms with Crippen LogP contribution in [0.2, 0.25) is 0 Å². The van der Waals surface area contributed by atoms with E-state index < -0.39 is 0 Å². The zero-order chi connectivity index (χ0) is 9.26. The first-order chi connectivity index (χ1) is 6.33. The van der Waals surface area contributed by atoms with Crippen molar-refractivity contribution < 1.29 is 0 Å². The average molecular weight is 174 g/mol. The first-order valence-electron chi connectivity index (χ1n) is 4.28. The van der Waals surface area contributed by atoms with Crippen LogP contribution in [0.5, 0.6) is 0 Å². The first-order valence-corrected chi connectivity index (χ1v) is 4.28. The van der Waals surface area contributed by atoms with Gasteiger partial charge in [-0.3, -0.25) is 9.78 Å². The fourth-order valence-corrected chi connectivity index (χ4v) is 1.46. The second-order valence-corrected chi connectivity index (χ2v) is 2.88. The lowest BCUT2D eigenvalue weighted by atomic mass is 10.1. The number of aryl methyl sites for hydroxylation is 1. The van der Waals surface area contributed by atoms with E-state index in [9.17, 15) is 4.79 Å². The van der Waals surface area contributed by atoms with Gasteiger partial charge in [0.05, 0.1) is 16.6 Å². The normalized spacial score (nSPS) is 10.5. The molecule has 0 spiro atoms. The monoisotopic (exact) mass is 174 g/mol. The van der Waals surface area contributed by atoms with Gasteiger partial charge in [0.25, 0.3) is 0 Å². The highest BCUT2D eigenvalue weighted by Gasteiger charge is 2.02. The number of hydrogen-bond acceptors (Lipinski definition) is 2. The Morgan fingerprint density at radius 2 is 2.31 bits per heavy atom. The molecule has 0 saturated heterocycles. The van der Waals surface area contributed by atoms with Crippen molar-refractivity contribution in [2.24, 2.45) is 0 Å². The van der Waals surface area contributed by atoms with Gasteiger partial charge in [0.2, 0.25) is 0 Å². The molecule has 2 aromatic heterocycles. The average Bonchev–Trinajstić information content (AvgIpc) is 2.17. The molecule has 0 aliphatic heterocycles. The Bertz CT molecular complexity index is 482. The largest absolute Gasteiger partial charge is 0.361 e. The van der Waals surface area contributed by atoms with Crippen molar-refractivity contribution in [3.05, 3.63) is 40.4 Å². The van der Waals surface area contributed by atoms with Crippen LogP contribution in [0.1, 0.15) is 12.6 Å². The maximum absolute atomic E-state index is 11.5. The lowest BCUT2D eigenvalue weighted by Gasteiger charge is -2.00. The second-order valence-electron chi connectivity index (χ2n) is 2.88. The van der Waals surface area contributed by atoms with Gasteiger partial charge >= 0.3 is 0 Å². The summed E-state index contributed by atoms with van der Waals surface area (Å²) in [7, 11) is 0. The number of nitrogens with one attached hydrogen (secondary N) is 1. The molecule has 0 amide bonds. The highest BCUT2D eigenvalue weighted by molar-refractivity contribution is 5.80. The number of aromatic nitrogens is 2. The molecule has 0 aromatic carbocycles. The number of pyridine rings is 2. The van der Waals surface area contributed by atoms with Gasteiger partial charge in [-0.25, -0.2) is 0 Å². The Labute approximate surface area is 75.4 Å². The van der Waals surface area contributed by atoms with Gasteiger partial charge in [-0.05, 0) is 12.5 Å². The zero-order valence-corrected chi connectivity index (χ0v) is 7.37. The SMILES string of the molecule is CCc1nccc2[nH]ccc(=O)c12. The third kappa shape index (κ3) is 1.22. The zero-order valence-electron chi connectivity index (χ0n) is 7.37. The maximum Gasteiger partial charge on any atom is 0.191 e. The quantitative estimate of drug-likeness (QED) is 0.711. The molecule has 2 heterocycles. The van der Waals surface area contributed by atoms with Crippen molar-refractivity contribution >= 4 is 10.9 Å². The summed E-state index contributed by atoms with van der Waals surface area (Å²) in [5.41, 5.74) is 1.76. The molecule has 3 heteroatoms. The standard InChI is InChI=1S/C10H10N2O/c1-2-7-10-8(3-5-11-7)12-6-4-9(10)13/h3-6H,2H2,1H3,(H,12,13). The van der Waals surface area contributed by atoms with Crippen molar-refractivity contribution in [2.75, 3.05) is 0 Å². The van der Waals surface area contributed by atoms with Gasteiger partial charge in [0.15, 0.2) is 5.43 Å². The Morgan fingerprint density at radius 1 is 1.46 bits per heavy atom. The third-order valence-electron chi connectivity index (χ3n) is 2.08. The number of nitrogens with zero attached hydrogens (tertiary/aromatic N) is 1. The first kappa shape index (κ1) is 7.98. The van der Waals surface area contributed by atoms with Crippen LogP contribution in [0.3, 0.4) is 0 Å². The van der Waals surface area contributed by atoms with Crippen LogP contribution in [0.4, 0.5) is 0 Å². The van der Waals surface area contributed by atoms with E-state index in [1.165, 1.54) is 6.07 Å². The molecule has 2 rings (SSSR count). The summed E-state index contributed by atoms with van der Waals surface area (Å²) in [6, 6.07) is 3.35. The molecule has 0 bridgehead atoms. The van der Waals surface area contributed by atoms with Crippen molar-refractivity contribution in [1.82, 2.24) is 9.97 Å². The second kappa shape index (κ2) is 3.01. The van der Waals surface area contributed by atoms with Crippen LogP contribution in [-0.2, 0) is 6.42 Å². The number of rotatable bonds is 1. The lowest BCUT2D eigenvalue weighted by Crippen LogP contribution is -2.04. The van der Waals surface area contributed by atoms with Gasteiger partial charge < -0.3 is 4.98 Å². The van der Waals surface area contributed by atoms with Crippen LogP contribution >= 0.6 is 0 Å². The summed E-state index contributed by atoms with van der Waals surface area (Å²) >= 11 is 0. The summed E-state index contributed by atoms with van der Waals surface area (Å²) in [5, 5.41) is 0.715. The molecule has 0 aliphatic carbocycles. The van der Waals surface area contributed by atoms with E-state index in [0.29, 0.717) is 5.39 Å². The fourth-order valence-electron chi connectivity index (χ4n) is 1.46. The van der Waals surface area contributed by atoms with Crippen LogP contribution < -0.4 is 5.43 Å². The highest BCUT2D eigenvalue weighted by Crippen LogP contribution is 2.09. The van der Waals surface area contributed by atoms with E-state index in [-0.39, 0.29) is 5.43 Å². The van der Waals surface area contributed by atoms with E-state index in [4.69, 9.17) is 0 Å². The fraction of sp³-hybridized carbons (Fsp3) is 0.200. The predicted molar refractivity (Wildman–Crippen MR) is 51.7 cm³/mol. The summed E-state index contributed by atoms with van der Waals surface area (Å²) in [5.74, 6) is 0. The molecule has 0 fully saturated rings. The summed E-state index contributed by atoms with van der Waals surface area (Å²) in [6.07, 6.45) is 4.16. The van der Waals surface area contributed by atoms with E-state index in [1.807, 2.05) is 13.0 Å². The molecule has 2 aromatic rings. The molecular weight excluding hydrogens is 164 g/mol. The molecule has 66 valence electrons. The highest BCUT2D eigenvalue weighted by atomic mass is 16.1. The van der Waals surface area contributed by atoms with Crippen molar-refractivity contribution in [3.8, 4) is 0 Å². The molecule has 0 radical (unpaired) electrons. The number of hydrogen-bond donors (Lipinski definition) is 1. The minimum absolute atomic E-state index is 0.0405. The minimum Gasteiger partial charge on any atom is -0.361 e. The van der Waals surface area contributed by atoms with Gasteiger partial charge in [0.1, 0.15) is 0 Å². The molecule has 0 saturated carbocycles. The molecule has 1 N–H and O–H groups in total. The summed E-state index contributed by atoms with van der Waals surface area (Å²) in [4.78, 5) is 18.7. The predicted octanol–water partition coefficient (Wildman–Crippen LogP) is 1.49. The Hall–Kier alpha value is -1.64. The Kier molecular flexibility index (Phi) is 1.85. The molecular formula is C10H10N2O. The number of aromatic amines is 1. The van der Waals surface area contributed by atoms with Crippen molar-refractivity contribution in [3.63, 3.8) is 0 Å². The molecule has 0 atom stereocenters. The lowest BCUT2D eigenvalue weighted by molar-refractivity contribution is 1.05. The number of fused-ring (bicyclic) bond motifs is 1. The molecule has 3 nitrogen and oxygen atoms in total. The van der Waals surface area contributed by atoms with Gasteiger partial charge in [-0.2, -0.15) is 0 Å². The van der Waals surface area contributed by atoms with Crippen molar-refractivity contribution in [1.29, 1.82) is 0 Å². The maximum atomic E-state index is 11.5. The summed E-state index contributed by atoms with van der Waals surface area (Å²) in [6.45, 7) is 1.99. The Morgan fingerprint density at radius 3 is 3.08 bits per heavy atom. The van der Waals surface area contributed by atoms with Crippen LogP contribution in [-0.4, -0.2) is 9.97 Å². The van der Waals surface area contributed by atoms with E-state index in [2.05, 4.69) is 9.97 Å². The molecule has 0 unspecified atom stereocenters.